The number of hydrogen-bond donors (Lipinski definition) is 2. The Balaban J connectivity index is 1.92. The van der Waals surface area contributed by atoms with E-state index < -0.39 is 18.5 Å². The maximum absolute atomic E-state index is 12.0. The highest BCUT2D eigenvalue weighted by atomic mass is 79.9. The molecule has 0 bridgehead atoms. The number of benzene rings is 2. The van der Waals surface area contributed by atoms with Crippen LogP contribution in [0.3, 0.4) is 0 Å². The number of rotatable bonds is 5. The van der Waals surface area contributed by atoms with Crippen LogP contribution in [-0.2, 0) is 14.3 Å². The maximum Gasteiger partial charge on any atom is 0.338 e. The normalized spacial score (nSPS) is 9.92. The van der Waals surface area contributed by atoms with Crippen molar-refractivity contribution >= 4 is 45.1 Å². The molecule has 2 N–H and O–H groups in total. The van der Waals surface area contributed by atoms with Crippen LogP contribution >= 0.6 is 15.9 Å². The van der Waals surface area contributed by atoms with Crippen LogP contribution in [0.2, 0.25) is 0 Å². The van der Waals surface area contributed by atoms with Gasteiger partial charge in [0.05, 0.1) is 11.3 Å². The minimum atomic E-state index is -0.649. The molecule has 0 atom stereocenters. The molecule has 0 aliphatic carbocycles. The van der Waals surface area contributed by atoms with Crippen molar-refractivity contribution in [2.75, 3.05) is 17.2 Å². The van der Waals surface area contributed by atoms with Gasteiger partial charge in [-0.2, -0.15) is 0 Å². The molecule has 124 valence electrons. The van der Waals surface area contributed by atoms with Gasteiger partial charge in [-0.15, -0.1) is 0 Å². The van der Waals surface area contributed by atoms with Crippen molar-refractivity contribution < 1.29 is 19.1 Å². The zero-order chi connectivity index (χ0) is 17.5. The Morgan fingerprint density at radius 2 is 1.79 bits per heavy atom. The summed E-state index contributed by atoms with van der Waals surface area (Å²) in [5, 5.41) is 5.21. The Bertz CT molecular complexity index is 777. The lowest BCUT2D eigenvalue weighted by Gasteiger charge is -2.09. The average Bonchev–Trinajstić information content (AvgIpc) is 2.54. The standard InChI is InChI=1S/C17H15BrN2O4/c1-11(21)19-13-6-4-5-12(9-13)17(23)24-10-16(22)20-15-8-3-2-7-14(15)18/h2-9H,10H2,1H3,(H,19,21)(H,20,22). The number of ether oxygens (including phenoxy) is 1. The third-order valence-corrected chi connectivity index (χ3v) is 3.59. The fourth-order valence-corrected chi connectivity index (χ4v) is 2.27. The number of carbonyl (C=O) groups excluding carboxylic acids is 3. The van der Waals surface area contributed by atoms with E-state index in [0.717, 1.165) is 4.47 Å². The highest BCUT2D eigenvalue weighted by Gasteiger charge is 2.12. The summed E-state index contributed by atoms with van der Waals surface area (Å²) in [6.45, 7) is 0.960. The number of nitrogens with one attached hydrogen (secondary N) is 2. The molecular weight excluding hydrogens is 376 g/mol. The van der Waals surface area contributed by atoms with Crippen molar-refractivity contribution in [3.05, 3.63) is 58.6 Å². The monoisotopic (exact) mass is 390 g/mol. The van der Waals surface area contributed by atoms with E-state index in [1.165, 1.54) is 13.0 Å². The predicted octanol–water partition coefficient (Wildman–Crippen LogP) is 3.20. The summed E-state index contributed by atoms with van der Waals surface area (Å²) in [5.41, 5.74) is 1.32. The lowest BCUT2D eigenvalue weighted by Crippen LogP contribution is -2.21. The smallest absolute Gasteiger partial charge is 0.338 e. The molecule has 2 aromatic rings. The molecule has 6 nitrogen and oxygen atoms in total. The minimum absolute atomic E-state index is 0.242. The highest BCUT2D eigenvalue weighted by molar-refractivity contribution is 9.10. The van der Waals surface area contributed by atoms with Gasteiger partial charge in [0.15, 0.2) is 6.61 Å². The third kappa shape index (κ3) is 5.20. The Labute approximate surface area is 147 Å². The molecule has 0 saturated heterocycles. The number of esters is 1. The summed E-state index contributed by atoms with van der Waals surface area (Å²) < 4.78 is 5.71. The Kier molecular flexibility index (Phi) is 6.08. The summed E-state index contributed by atoms with van der Waals surface area (Å²) in [4.78, 5) is 34.9. The van der Waals surface area contributed by atoms with Crippen LogP contribution < -0.4 is 10.6 Å². The van der Waals surface area contributed by atoms with Gasteiger partial charge in [-0.3, -0.25) is 9.59 Å². The van der Waals surface area contributed by atoms with Crippen molar-refractivity contribution in [1.82, 2.24) is 0 Å². The van der Waals surface area contributed by atoms with Crippen LogP contribution in [0.1, 0.15) is 17.3 Å². The fourth-order valence-electron chi connectivity index (χ4n) is 1.89. The van der Waals surface area contributed by atoms with Gasteiger partial charge in [-0.25, -0.2) is 4.79 Å². The summed E-state index contributed by atoms with van der Waals surface area (Å²) in [5.74, 6) is -1.34. The number of para-hydroxylation sites is 1. The van der Waals surface area contributed by atoms with Crippen molar-refractivity contribution in [3.8, 4) is 0 Å². The van der Waals surface area contributed by atoms with Gasteiger partial charge in [0.25, 0.3) is 5.91 Å². The Morgan fingerprint density at radius 3 is 2.50 bits per heavy atom. The fraction of sp³-hybridized carbons (Fsp3) is 0.118. The molecule has 24 heavy (non-hydrogen) atoms. The molecular formula is C17H15BrN2O4. The first-order valence-corrected chi connectivity index (χ1v) is 7.84. The molecule has 2 amide bonds. The van der Waals surface area contributed by atoms with E-state index in [2.05, 4.69) is 26.6 Å². The number of carbonyl (C=O) groups is 3. The highest BCUT2D eigenvalue weighted by Crippen LogP contribution is 2.21. The zero-order valence-electron chi connectivity index (χ0n) is 12.8. The number of anilines is 2. The molecule has 0 aromatic heterocycles. The van der Waals surface area contributed by atoms with E-state index in [9.17, 15) is 14.4 Å². The van der Waals surface area contributed by atoms with E-state index in [1.54, 1.807) is 36.4 Å². The van der Waals surface area contributed by atoms with Crippen LogP contribution in [0.5, 0.6) is 0 Å². The molecule has 0 heterocycles. The first-order valence-electron chi connectivity index (χ1n) is 7.05. The SMILES string of the molecule is CC(=O)Nc1cccc(C(=O)OCC(=O)Nc2ccccc2Br)c1. The van der Waals surface area contributed by atoms with Gasteiger partial charge >= 0.3 is 5.97 Å². The van der Waals surface area contributed by atoms with Crippen LogP contribution in [0.25, 0.3) is 0 Å². The quantitative estimate of drug-likeness (QED) is 0.767. The van der Waals surface area contributed by atoms with E-state index in [0.29, 0.717) is 11.4 Å². The van der Waals surface area contributed by atoms with Crippen molar-refractivity contribution in [2.45, 2.75) is 6.92 Å². The largest absolute Gasteiger partial charge is 0.452 e. The van der Waals surface area contributed by atoms with Gasteiger partial charge < -0.3 is 15.4 Å². The number of amides is 2. The zero-order valence-corrected chi connectivity index (χ0v) is 14.4. The first-order chi connectivity index (χ1) is 11.5. The summed E-state index contributed by atoms with van der Waals surface area (Å²) in [7, 11) is 0. The second kappa shape index (κ2) is 8.26. The number of hydrogen-bond acceptors (Lipinski definition) is 4. The molecule has 7 heteroatoms. The molecule has 2 rings (SSSR count). The van der Waals surface area contributed by atoms with E-state index in [4.69, 9.17) is 4.74 Å². The molecule has 2 aromatic carbocycles. The lowest BCUT2D eigenvalue weighted by atomic mass is 10.2. The van der Waals surface area contributed by atoms with Crippen LogP contribution in [0, 0.1) is 0 Å². The molecule has 0 fully saturated rings. The van der Waals surface area contributed by atoms with Crippen molar-refractivity contribution in [1.29, 1.82) is 0 Å². The topological polar surface area (TPSA) is 84.5 Å². The first kappa shape index (κ1) is 17.7. The van der Waals surface area contributed by atoms with Crippen molar-refractivity contribution in [2.24, 2.45) is 0 Å². The summed E-state index contributed by atoms with van der Waals surface area (Å²) in [6, 6.07) is 13.4. The van der Waals surface area contributed by atoms with E-state index in [1.807, 2.05) is 6.07 Å². The molecule has 0 radical (unpaired) electrons. The van der Waals surface area contributed by atoms with Gasteiger partial charge in [0.2, 0.25) is 5.91 Å². The molecule has 0 spiro atoms. The minimum Gasteiger partial charge on any atom is -0.452 e. The van der Waals surface area contributed by atoms with Gasteiger partial charge in [0.1, 0.15) is 0 Å². The summed E-state index contributed by atoms with van der Waals surface area (Å²) >= 11 is 3.31. The summed E-state index contributed by atoms with van der Waals surface area (Å²) in [6.07, 6.45) is 0. The predicted molar refractivity (Wildman–Crippen MR) is 93.8 cm³/mol. The average molecular weight is 391 g/mol. The van der Waals surface area contributed by atoms with Crippen molar-refractivity contribution in [3.63, 3.8) is 0 Å². The second-order valence-corrected chi connectivity index (χ2v) is 5.72. The molecule has 0 aliphatic heterocycles. The van der Waals surface area contributed by atoms with E-state index in [-0.39, 0.29) is 11.5 Å². The lowest BCUT2D eigenvalue weighted by molar-refractivity contribution is -0.119. The van der Waals surface area contributed by atoms with Gasteiger partial charge in [-0.05, 0) is 46.3 Å². The molecule has 0 aliphatic rings. The Hall–Kier alpha value is -2.67. The van der Waals surface area contributed by atoms with Crippen LogP contribution in [-0.4, -0.2) is 24.4 Å². The maximum atomic E-state index is 12.0. The van der Waals surface area contributed by atoms with E-state index >= 15 is 0 Å². The molecule has 0 saturated carbocycles. The third-order valence-electron chi connectivity index (χ3n) is 2.90. The van der Waals surface area contributed by atoms with Crippen LogP contribution in [0.15, 0.2) is 53.0 Å². The number of halogens is 1. The van der Waals surface area contributed by atoms with Gasteiger partial charge in [-0.1, -0.05) is 18.2 Å². The van der Waals surface area contributed by atoms with Gasteiger partial charge in [0, 0.05) is 17.1 Å². The van der Waals surface area contributed by atoms with Crippen LogP contribution in [0.4, 0.5) is 11.4 Å². The second-order valence-electron chi connectivity index (χ2n) is 4.87. The molecule has 0 unspecified atom stereocenters. The Morgan fingerprint density at radius 1 is 1.04 bits per heavy atom.